The number of thioether (sulfide) groups is 1. The molecule has 0 aliphatic rings. The number of carbonyl (C=O) groups is 1. The van der Waals surface area contributed by atoms with Crippen molar-refractivity contribution in [2.75, 3.05) is 18.9 Å². The van der Waals surface area contributed by atoms with Gasteiger partial charge in [-0.15, -0.1) is 10.2 Å². The second-order valence-corrected chi connectivity index (χ2v) is 7.55. The zero-order valence-corrected chi connectivity index (χ0v) is 14.9. The average molecular weight is 354 g/mol. The van der Waals surface area contributed by atoms with Crippen molar-refractivity contribution in [3.05, 3.63) is 35.6 Å². The lowest BCUT2D eigenvalue weighted by molar-refractivity contribution is -0.129. The van der Waals surface area contributed by atoms with Crippen LogP contribution in [0.4, 0.5) is 9.52 Å². The molecule has 0 fully saturated rings. The highest BCUT2D eigenvalue weighted by atomic mass is 32.2. The summed E-state index contributed by atoms with van der Waals surface area (Å²) < 4.78 is 14.0. The lowest BCUT2D eigenvalue weighted by Crippen LogP contribution is -2.32. The fourth-order valence-electron chi connectivity index (χ4n) is 1.98. The maximum Gasteiger partial charge on any atom is 0.235 e. The first-order valence-electron chi connectivity index (χ1n) is 7.23. The fraction of sp³-hybridized carbons (Fsp3) is 0.400. The molecule has 1 N–H and O–H groups in total. The third kappa shape index (κ3) is 5.18. The van der Waals surface area contributed by atoms with E-state index in [-0.39, 0.29) is 17.0 Å². The van der Waals surface area contributed by atoms with Crippen LogP contribution >= 0.6 is 23.1 Å². The van der Waals surface area contributed by atoms with Crippen LogP contribution < -0.4 is 5.32 Å². The van der Waals surface area contributed by atoms with Crippen molar-refractivity contribution in [2.45, 2.75) is 30.0 Å². The first-order valence-corrected chi connectivity index (χ1v) is 8.92. The van der Waals surface area contributed by atoms with Crippen molar-refractivity contribution in [1.29, 1.82) is 0 Å². The Hall–Kier alpha value is -1.67. The molecule has 0 spiro atoms. The number of aromatic nitrogens is 2. The third-order valence-corrected chi connectivity index (χ3v) is 5.10. The highest BCUT2D eigenvalue weighted by Crippen LogP contribution is 2.29. The second-order valence-electron chi connectivity index (χ2n) is 4.99. The zero-order valence-electron chi connectivity index (χ0n) is 13.2. The molecule has 1 aromatic carbocycles. The fourth-order valence-corrected chi connectivity index (χ4v) is 4.06. The van der Waals surface area contributed by atoms with Crippen LogP contribution in [0.3, 0.4) is 0 Å². The summed E-state index contributed by atoms with van der Waals surface area (Å²) in [6, 6.07) is 6.28. The number of halogens is 1. The summed E-state index contributed by atoms with van der Waals surface area (Å²) in [7, 11) is 1.72. The summed E-state index contributed by atoms with van der Waals surface area (Å²) in [5, 5.41) is 11.6. The minimum atomic E-state index is -0.296. The number of hydrogen-bond donors (Lipinski definition) is 1. The number of rotatable bonds is 7. The van der Waals surface area contributed by atoms with E-state index < -0.39 is 0 Å². The molecule has 1 atom stereocenters. The SMILES string of the molecule is CCNc1nnc(S[C@@H](C)C(=O)N(C)Cc2cccc(F)c2)s1. The molecule has 0 saturated heterocycles. The molecule has 0 bridgehead atoms. The van der Waals surface area contributed by atoms with Crippen LogP contribution in [-0.2, 0) is 11.3 Å². The Morgan fingerprint density at radius 1 is 1.48 bits per heavy atom. The van der Waals surface area contributed by atoms with Crippen LogP contribution in [-0.4, -0.2) is 39.8 Å². The van der Waals surface area contributed by atoms with Gasteiger partial charge in [0.05, 0.1) is 5.25 Å². The van der Waals surface area contributed by atoms with Crippen LogP contribution in [0.2, 0.25) is 0 Å². The number of anilines is 1. The molecule has 0 aliphatic carbocycles. The van der Waals surface area contributed by atoms with E-state index >= 15 is 0 Å². The van der Waals surface area contributed by atoms with E-state index in [0.29, 0.717) is 6.54 Å². The van der Waals surface area contributed by atoms with Crippen LogP contribution in [0.5, 0.6) is 0 Å². The van der Waals surface area contributed by atoms with Crippen molar-refractivity contribution in [3.63, 3.8) is 0 Å². The molecule has 0 saturated carbocycles. The zero-order chi connectivity index (χ0) is 16.8. The number of nitrogens with one attached hydrogen (secondary N) is 1. The van der Waals surface area contributed by atoms with Gasteiger partial charge in [0.25, 0.3) is 0 Å². The maximum atomic E-state index is 13.2. The van der Waals surface area contributed by atoms with Crippen LogP contribution in [0.25, 0.3) is 0 Å². The summed E-state index contributed by atoms with van der Waals surface area (Å²) in [6.45, 7) is 4.98. The molecule has 0 radical (unpaired) electrons. The Balaban J connectivity index is 1.92. The minimum Gasteiger partial charge on any atom is -0.360 e. The Morgan fingerprint density at radius 2 is 2.26 bits per heavy atom. The summed E-state index contributed by atoms with van der Waals surface area (Å²) in [6.07, 6.45) is 0. The summed E-state index contributed by atoms with van der Waals surface area (Å²) in [5.74, 6) is -0.324. The molecular formula is C15H19FN4OS2. The van der Waals surface area contributed by atoms with E-state index in [1.807, 2.05) is 13.8 Å². The van der Waals surface area contributed by atoms with Crippen LogP contribution in [0.1, 0.15) is 19.4 Å². The Morgan fingerprint density at radius 3 is 2.96 bits per heavy atom. The largest absolute Gasteiger partial charge is 0.360 e. The molecule has 2 aromatic rings. The average Bonchev–Trinajstić information content (AvgIpc) is 2.94. The van der Waals surface area contributed by atoms with Gasteiger partial charge in [-0.05, 0) is 31.5 Å². The summed E-state index contributed by atoms with van der Waals surface area (Å²) >= 11 is 2.81. The molecule has 0 aliphatic heterocycles. The number of carbonyl (C=O) groups excluding carboxylic acids is 1. The normalized spacial score (nSPS) is 12.0. The number of amides is 1. The first kappa shape index (κ1) is 17.7. The van der Waals surface area contributed by atoms with Crippen LogP contribution in [0.15, 0.2) is 28.6 Å². The maximum absolute atomic E-state index is 13.2. The van der Waals surface area contributed by atoms with Gasteiger partial charge in [-0.3, -0.25) is 4.79 Å². The molecule has 1 aromatic heterocycles. The van der Waals surface area contributed by atoms with Crippen LogP contribution in [0, 0.1) is 5.82 Å². The molecule has 1 amide bonds. The Labute approximate surface area is 143 Å². The van der Waals surface area contributed by atoms with Crippen molar-refractivity contribution < 1.29 is 9.18 Å². The van der Waals surface area contributed by atoms with E-state index in [2.05, 4.69) is 15.5 Å². The first-order chi connectivity index (χ1) is 11.0. The predicted molar refractivity (Wildman–Crippen MR) is 92.3 cm³/mol. The highest BCUT2D eigenvalue weighted by Gasteiger charge is 2.20. The van der Waals surface area contributed by atoms with E-state index in [9.17, 15) is 9.18 Å². The number of hydrogen-bond acceptors (Lipinski definition) is 6. The lowest BCUT2D eigenvalue weighted by Gasteiger charge is -2.20. The molecule has 124 valence electrons. The van der Waals surface area contributed by atoms with E-state index in [0.717, 1.165) is 21.6 Å². The van der Waals surface area contributed by atoms with Crippen molar-refractivity contribution in [2.24, 2.45) is 0 Å². The monoisotopic (exact) mass is 354 g/mol. The quantitative estimate of drug-likeness (QED) is 0.774. The third-order valence-electron chi connectivity index (χ3n) is 3.04. The smallest absolute Gasteiger partial charge is 0.235 e. The van der Waals surface area contributed by atoms with Gasteiger partial charge >= 0.3 is 0 Å². The lowest BCUT2D eigenvalue weighted by atomic mass is 10.2. The predicted octanol–water partition coefficient (Wildman–Crippen LogP) is 3.25. The molecule has 23 heavy (non-hydrogen) atoms. The minimum absolute atomic E-state index is 0.0283. The topological polar surface area (TPSA) is 58.1 Å². The molecule has 0 unspecified atom stereocenters. The van der Waals surface area contributed by atoms with Gasteiger partial charge in [-0.2, -0.15) is 0 Å². The molecule has 2 rings (SSSR count). The van der Waals surface area contributed by atoms with Gasteiger partial charge in [0, 0.05) is 20.1 Å². The van der Waals surface area contributed by atoms with Gasteiger partial charge < -0.3 is 10.2 Å². The highest BCUT2D eigenvalue weighted by molar-refractivity contribution is 8.02. The van der Waals surface area contributed by atoms with Gasteiger partial charge in [0.2, 0.25) is 11.0 Å². The van der Waals surface area contributed by atoms with Gasteiger partial charge in [0.1, 0.15) is 5.82 Å². The van der Waals surface area contributed by atoms with Gasteiger partial charge in [-0.25, -0.2) is 4.39 Å². The Kier molecular flexibility index (Phi) is 6.35. The van der Waals surface area contributed by atoms with Crippen molar-refractivity contribution >= 4 is 34.1 Å². The van der Waals surface area contributed by atoms with E-state index in [1.54, 1.807) is 24.1 Å². The van der Waals surface area contributed by atoms with E-state index in [4.69, 9.17) is 0 Å². The summed E-state index contributed by atoms with van der Waals surface area (Å²) in [5.41, 5.74) is 0.767. The van der Waals surface area contributed by atoms with Crippen molar-refractivity contribution in [1.82, 2.24) is 15.1 Å². The standard InChI is InChI=1S/C15H19FN4OS2/c1-4-17-14-18-19-15(23-14)22-10(2)13(21)20(3)9-11-6-5-7-12(16)8-11/h5-8,10H,4,9H2,1-3H3,(H,17,18)/t10-/m0/s1. The molecule has 1 heterocycles. The Bertz CT molecular complexity index is 664. The number of benzene rings is 1. The van der Waals surface area contributed by atoms with E-state index in [1.165, 1.54) is 35.2 Å². The van der Waals surface area contributed by atoms with Crippen molar-refractivity contribution in [3.8, 4) is 0 Å². The molecular weight excluding hydrogens is 335 g/mol. The van der Waals surface area contributed by atoms with Gasteiger partial charge in [-0.1, -0.05) is 35.2 Å². The summed E-state index contributed by atoms with van der Waals surface area (Å²) in [4.78, 5) is 14.0. The second kappa shape index (κ2) is 8.26. The molecule has 8 heteroatoms. The van der Waals surface area contributed by atoms with Gasteiger partial charge in [0.15, 0.2) is 4.34 Å². The molecule has 5 nitrogen and oxygen atoms in total. The number of nitrogens with zero attached hydrogens (tertiary/aromatic N) is 3.